The Labute approximate surface area is 211 Å². The molecule has 1 aromatic heterocycles. The van der Waals surface area contributed by atoms with Gasteiger partial charge in [0, 0.05) is 43.3 Å². The van der Waals surface area contributed by atoms with Gasteiger partial charge in [0.05, 0.1) is 17.4 Å². The van der Waals surface area contributed by atoms with Gasteiger partial charge in [0.1, 0.15) is 11.8 Å². The van der Waals surface area contributed by atoms with Gasteiger partial charge in [-0.05, 0) is 50.5 Å². The fraction of sp³-hybridized carbons (Fsp3) is 0.346. The number of aryl methyl sites for hydroxylation is 1. The molecule has 0 aliphatic heterocycles. The first-order chi connectivity index (χ1) is 17.0. The minimum atomic E-state index is -3.43. The molecule has 10 heteroatoms. The van der Waals surface area contributed by atoms with Crippen LogP contribution in [0.25, 0.3) is 11.3 Å². The summed E-state index contributed by atoms with van der Waals surface area (Å²) in [7, 11) is -1.80. The Balaban J connectivity index is 1.73. The van der Waals surface area contributed by atoms with Crippen LogP contribution in [0.5, 0.6) is 5.75 Å². The van der Waals surface area contributed by atoms with Gasteiger partial charge in [-0.1, -0.05) is 24.3 Å². The van der Waals surface area contributed by atoms with Gasteiger partial charge in [-0.3, -0.25) is 4.79 Å². The summed E-state index contributed by atoms with van der Waals surface area (Å²) in [6.45, 7) is 3.61. The van der Waals surface area contributed by atoms with E-state index in [1.807, 2.05) is 38.1 Å². The number of benzene rings is 2. The van der Waals surface area contributed by atoms with Crippen molar-refractivity contribution in [2.45, 2.75) is 44.0 Å². The number of aliphatic hydroxyl groups is 1. The molecule has 9 nitrogen and oxygen atoms in total. The van der Waals surface area contributed by atoms with Crippen molar-refractivity contribution in [1.29, 1.82) is 5.26 Å². The molecule has 0 aliphatic rings. The van der Waals surface area contributed by atoms with E-state index in [-0.39, 0.29) is 35.4 Å². The van der Waals surface area contributed by atoms with Gasteiger partial charge < -0.3 is 19.7 Å². The number of nitrogens with zero attached hydrogens (tertiary/aromatic N) is 3. The van der Waals surface area contributed by atoms with Crippen molar-refractivity contribution in [2.24, 2.45) is 7.05 Å². The monoisotopic (exact) mass is 510 g/mol. The van der Waals surface area contributed by atoms with E-state index < -0.39 is 9.84 Å². The Morgan fingerprint density at radius 2 is 1.92 bits per heavy atom. The second-order valence-corrected chi connectivity index (χ2v) is 10.8. The number of nitrogens with one attached hydrogen (secondary N) is 1. The Kier molecular flexibility index (Phi) is 8.50. The van der Waals surface area contributed by atoms with Gasteiger partial charge in [0.2, 0.25) is 15.0 Å². The van der Waals surface area contributed by atoms with E-state index in [0.29, 0.717) is 29.8 Å². The van der Waals surface area contributed by atoms with Gasteiger partial charge in [-0.25, -0.2) is 13.4 Å². The number of aromatic nitrogens is 2. The lowest BCUT2D eigenvalue weighted by Crippen LogP contribution is -2.37. The van der Waals surface area contributed by atoms with Crippen LogP contribution in [0.4, 0.5) is 0 Å². The molecule has 0 radical (unpaired) electrons. The van der Waals surface area contributed by atoms with Crippen LogP contribution in [0, 0.1) is 11.3 Å². The number of aliphatic hydroxyl groups excluding tert-OH is 1. The molecule has 2 aromatic carbocycles. The summed E-state index contributed by atoms with van der Waals surface area (Å²) in [5.41, 5.74) is 2.84. The molecule has 3 aromatic rings. The fourth-order valence-corrected chi connectivity index (χ4v) is 4.63. The highest BCUT2D eigenvalue weighted by Crippen LogP contribution is 2.23. The molecule has 190 valence electrons. The SMILES string of the molecule is CC(C)Oc1ccc(C(=O)N[C@H](CCO)Cc2ccc(-c3cn(C)c(S(C)(=O)=O)n3)cc2)cc1C#N. The quantitative estimate of drug-likeness (QED) is 0.428. The van der Waals surface area contributed by atoms with Crippen LogP contribution in [0.15, 0.2) is 53.8 Å². The maximum atomic E-state index is 12.9. The molecule has 0 bridgehead atoms. The zero-order valence-electron chi connectivity index (χ0n) is 20.7. The van der Waals surface area contributed by atoms with Crippen molar-refractivity contribution in [3.63, 3.8) is 0 Å². The number of imidazole rings is 1. The van der Waals surface area contributed by atoms with Gasteiger partial charge in [0.15, 0.2) is 0 Å². The zero-order valence-corrected chi connectivity index (χ0v) is 21.5. The number of carbonyl (C=O) groups is 1. The van der Waals surface area contributed by atoms with E-state index in [0.717, 1.165) is 17.4 Å². The smallest absolute Gasteiger partial charge is 0.251 e. The number of rotatable bonds is 10. The number of ether oxygens (including phenoxy) is 1. The van der Waals surface area contributed by atoms with Gasteiger partial charge >= 0.3 is 0 Å². The minimum Gasteiger partial charge on any atom is -0.490 e. The molecule has 1 atom stereocenters. The summed E-state index contributed by atoms with van der Waals surface area (Å²) in [5.74, 6) is 0.0760. The Hall–Kier alpha value is -3.68. The van der Waals surface area contributed by atoms with Crippen LogP contribution >= 0.6 is 0 Å². The summed E-state index contributed by atoms with van der Waals surface area (Å²) in [5, 5.41) is 21.9. The van der Waals surface area contributed by atoms with Crippen LogP contribution < -0.4 is 10.1 Å². The lowest BCUT2D eigenvalue weighted by Gasteiger charge is -2.19. The number of hydrogen-bond donors (Lipinski definition) is 2. The van der Waals surface area contributed by atoms with Gasteiger partial charge in [0.25, 0.3) is 5.91 Å². The average Bonchev–Trinajstić information content (AvgIpc) is 3.21. The highest BCUT2D eigenvalue weighted by Gasteiger charge is 2.18. The number of sulfone groups is 1. The largest absolute Gasteiger partial charge is 0.490 e. The molecule has 1 amide bonds. The van der Waals surface area contributed by atoms with Gasteiger partial charge in [-0.15, -0.1) is 0 Å². The summed E-state index contributed by atoms with van der Waals surface area (Å²) in [4.78, 5) is 17.1. The molecule has 1 heterocycles. The molecule has 0 saturated heterocycles. The molecule has 0 aliphatic carbocycles. The number of nitriles is 1. The van der Waals surface area contributed by atoms with E-state index in [2.05, 4.69) is 16.4 Å². The molecular weight excluding hydrogens is 480 g/mol. The predicted octanol–water partition coefficient (Wildman–Crippen LogP) is 2.87. The third-order valence-corrected chi connectivity index (χ3v) is 6.48. The van der Waals surface area contributed by atoms with Crippen LogP contribution in [0.2, 0.25) is 0 Å². The molecule has 3 rings (SSSR count). The summed E-state index contributed by atoms with van der Waals surface area (Å²) in [6, 6.07) is 13.9. The zero-order chi connectivity index (χ0) is 26.5. The van der Waals surface area contributed by atoms with Crippen molar-refractivity contribution in [2.75, 3.05) is 12.9 Å². The fourth-order valence-electron chi connectivity index (χ4n) is 3.79. The number of carbonyl (C=O) groups excluding carboxylic acids is 1. The molecule has 0 saturated carbocycles. The second-order valence-electron chi connectivity index (χ2n) is 8.86. The van der Waals surface area contributed by atoms with Crippen LogP contribution in [-0.4, -0.2) is 54.0 Å². The van der Waals surface area contributed by atoms with Crippen molar-refractivity contribution in [3.05, 3.63) is 65.4 Å². The third-order valence-electron chi connectivity index (χ3n) is 5.43. The lowest BCUT2D eigenvalue weighted by molar-refractivity contribution is 0.0930. The maximum Gasteiger partial charge on any atom is 0.251 e. The molecule has 0 unspecified atom stereocenters. The highest BCUT2D eigenvalue weighted by molar-refractivity contribution is 7.90. The molecule has 0 fully saturated rings. The first-order valence-electron chi connectivity index (χ1n) is 11.5. The van der Waals surface area contributed by atoms with Crippen LogP contribution in [0.1, 0.15) is 41.8 Å². The maximum absolute atomic E-state index is 12.9. The third kappa shape index (κ3) is 6.71. The Morgan fingerprint density at radius 3 is 2.47 bits per heavy atom. The Morgan fingerprint density at radius 1 is 1.22 bits per heavy atom. The normalized spacial score (nSPS) is 12.2. The first kappa shape index (κ1) is 26.9. The predicted molar refractivity (Wildman–Crippen MR) is 135 cm³/mol. The standard InChI is InChI=1S/C26H30N4O5S/c1-17(2)35-24-10-9-20(14-21(24)15-27)25(32)28-22(11-12-31)13-18-5-7-19(8-6-18)23-16-30(3)26(29-23)36(4,33)34/h5-10,14,16-17,22,31H,11-13H2,1-4H3,(H,28,32)/t22-/m1/s1. The highest BCUT2D eigenvalue weighted by atomic mass is 32.2. The molecular formula is C26H30N4O5S. The van der Waals surface area contributed by atoms with Crippen molar-refractivity contribution < 1.29 is 23.1 Å². The van der Waals surface area contributed by atoms with E-state index in [1.165, 1.54) is 10.6 Å². The van der Waals surface area contributed by atoms with E-state index >= 15 is 0 Å². The van der Waals surface area contributed by atoms with Crippen molar-refractivity contribution >= 4 is 15.7 Å². The summed E-state index contributed by atoms with van der Waals surface area (Å²) in [6.07, 6.45) is 3.50. The van der Waals surface area contributed by atoms with E-state index in [4.69, 9.17) is 4.74 Å². The number of hydrogen-bond acceptors (Lipinski definition) is 7. The Bertz CT molecular complexity index is 1370. The van der Waals surface area contributed by atoms with Crippen LogP contribution in [-0.2, 0) is 23.3 Å². The summed E-state index contributed by atoms with van der Waals surface area (Å²) < 4.78 is 30.8. The number of amides is 1. The molecule has 36 heavy (non-hydrogen) atoms. The average molecular weight is 511 g/mol. The topological polar surface area (TPSA) is 134 Å². The van der Waals surface area contributed by atoms with E-state index in [9.17, 15) is 23.6 Å². The van der Waals surface area contributed by atoms with Crippen molar-refractivity contribution in [3.8, 4) is 23.1 Å². The molecule has 2 N–H and O–H groups in total. The first-order valence-corrected chi connectivity index (χ1v) is 13.4. The summed E-state index contributed by atoms with van der Waals surface area (Å²) >= 11 is 0. The minimum absolute atomic E-state index is 0.00402. The van der Waals surface area contributed by atoms with E-state index in [1.54, 1.807) is 25.4 Å². The second kappa shape index (κ2) is 11.4. The van der Waals surface area contributed by atoms with Gasteiger partial charge in [-0.2, -0.15) is 5.26 Å². The van der Waals surface area contributed by atoms with Crippen molar-refractivity contribution in [1.82, 2.24) is 14.9 Å². The van der Waals surface area contributed by atoms with Crippen LogP contribution in [0.3, 0.4) is 0 Å². The molecule has 0 spiro atoms. The lowest BCUT2D eigenvalue weighted by atomic mass is 10.0.